The van der Waals surface area contributed by atoms with Gasteiger partial charge in [0.2, 0.25) is 5.91 Å². The number of ether oxygens (including phenoxy) is 1. The van der Waals surface area contributed by atoms with Crippen LogP contribution < -0.4 is 15.0 Å². The van der Waals surface area contributed by atoms with Crippen LogP contribution in [0.3, 0.4) is 0 Å². The van der Waals surface area contributed by atoms with Crippen molar-refractivity contribution in [2.24, 2.45) is 0 Å². The van der Waals surface area contributed by atoms with E-state index in [4.69, 9.17) is 4.74 Å². The minimum absolute atomic E-state index is 0.365. The second-order valence-corrected chi connectivity index (χ2v) is 8.64. The van der Waals surface area contributed by atoms with E-state index < -0.39 is 0 Å². The maximum Gasteiger partial charge on any atom is 0.266 e. The van der Waals surface area contributed by atoms with E-state index in [-0.39, 0.29) is 17.7 Å². The molecule has 8 heteroatoms. The fourth-order valence-electron chi connectivity index (χ4n) is 3.42. The number of nitrogens with one attached hydrogen (secondary N) is 1. The van der Waals surface area contributed by atoms with Crippen molar-refractivity contribution in [2.45, 2.75) is 0 Å². The van der Waals surface area contributed by atoms with Gasteiger partial charge in [-0.05, 0) is 64.5 Å². The first-order valence-electron chi connectivity index (χ1n) is 9.49. The van der Waals surface area contributed by atoms with Gasteiger partial charge >= 0.3 is 0 Å². The normalized spacial score (nSPS) is 12.9. The minimum Gasteiger partial charge on any atom is -0.495 e. The van der Waals surface area contributed by atoms with Crippen molar-refractivity contribution in [1.82, 2.24) is 0 Å². The van der Waals surface area contributed by atoms with Crippen LogP contribution in [0, 0.1) is 0 Å². The third kappa shape index (κ3) is 4.24. The van der Waals surface area contributed by atoms with E-state index in [9.17, 15) is 14.4 Å². The van der Waals surface area contributed by atoms with Gasteiger partial charge in [-0.2, -0.15) is 0 Å². The molecule has 0 bridgehead atoms. The molecule has 1 aliphatic rings. The number of halogens is 2. The molecule has 0 spiro atoms. The summed E-state index contributed by atoms with van der Waals surface area (Å²) in [5.41, 5.74) is 2.28. The van der Waals surface area contributed by atoms with Gasteiger partial charge < -0.3 is 10.1 Å². The van der Waals surface area contributed by atoms with E-state index in [0.717, 1.165) is 13.8 Å². The number of benzene rings is 3. The lowest BCUT2D eigenvalue weighted by atomic mass is 10.1. The Morgan fingerprint density at radius 1 is 0.969 bits per heavy atom. The average molecular weight is 556 g/mol. The van der Waals surface area contributed by atoms with Crippen molar-refractivity contribution in [2.75, 3.05) is 17.3 Å². The second-order valence-electron chi connectivity index (χ2n) is 6.87. The van der Waals surface area contributed by atoms with Crippen molar-refractivity contribution in [3.63, 3.8) is 0 Å². The lowest BCUT2D eigenvalue weighted by Gasteiger charge is -2.15. The van der Waals surface area contributed by atoms with Crippen LogP contribution in [-0.4, -0.2) is 24.8 Å². The number of fused-ring (bicyclic) bond motifs is 1. The monoisotopic (exact) mass is 554 g/mol. The number of hydrogen-bond donors (Lipinski definition) is 1. The zero-order valence-electron chi connectivity index (χ0n) is 16.8. The van der Waals surface area contributed by atoms with Crippen molar-refractivity contribution in [1.29, 1.82) is 0 Å². The average Bonchev–Trinajstić information content (AvgIpc) is 3.02. The predicted octanol–water partition coefficient (Wildman–Crippen LogP) is 5.67. The summed E-state index contributed by atoms with van der Waals surface area (Å²) in [4.78, 5) is 39.0. The minimum atomic E-state index is -0.388. The molecule has 0 unspecified atom stereocenters. The second kappa shape index (κ2) is 9.10. The molecule has 3 amide bonds. The van der Waals surface area contributed by atoms with E-state index in [1.165, 1.54) is 6.08 Å². The number of nitrogens with zero attached hydrogens (tertiary/aromatic N) is 1. The molecular formula is C24H16Br2N2O4. The highest BCUT2D eigenvalue weighted by molar-refractivity contribution is 9.11. The zero-order valence-corrected chi connectivity index (χ0v) is 19.9. The molecule has 0 radical (unpaired) electrons. The Balaban J connectivity index is 1.53. The summed E-state index contributed by atoms with van der Waals surface area (Å²) in [6.45, 7) is 0. The lowest BCUT2D eigenvalue weighted by Crippen LogP contribution is -2.29. The van der Waals surface area contributed by atoms with Crippen molar-refractivity contribution < 1.29 is 19.1 Å². The van der Waals surface area contributed by atoms with Gasteiger partial charge in [-0.3, -0.25) is 14.4 Å². The van der Waals surface area contributed by atoms with Gasteiger partial charge in [0.25, 0.3) is 11.8 Å². The molecule has 1 N–H and O–H groups in total. The summed E-state index contributed by atoms with van der Waals surface area (Å²) in [7, 11) is 1.55. The van der Waals surface area contributed by atoms with Gasteiger partial charge in [0.1, 0.15) is 5.75 Å². The van der Waals surface area contributed by atoms with E-state index in [1.807, 2.05) is 12.1 Å². The number of amides is 3. The number of rotatable bonds is 5. The number of imide groups is 1. The molecule has 0 fully saturated rings. The molecule has 3 aromatic rings. The Labute approximate surface area is 201 Å². The molecule has 0 saturated heterocycles. The number of carbonyl (C=O) groups excluding carboxylic acids is 3. The molecule has 32 heavy (non-hydrogen) atoms. The Hall–Kier alpha value is -3.23. The fraction of sp³-hybridized carbons (Fsp3) is 0.0417. The molecule has 4 rings (SSSR count). The lowest BCUT2D eigenvalue weighted by molar-refractivity contribution is -0.111. The first-order chi connectivity index (χ1) is 15.4. The summed E-state index contributed by atoms with van der Waals surface area (Å²) in [5.74, 6) is -0.546. The van der Waals surface area contributed by atoms with Crippen LogP contribution in [0.5, 0.6) is 5.75 Å². The maximum atomic E-state index is 12.7. The molecule has 0 aliphatic carbocycles. The maximum absolute atomic E-state index is 12.7. The van der Waals surface area contributed by atoms with Crippen LogP contribution in [0.15, 0.2) is 75.7 Å². The van der Waals surface area contributed by atoms with Crippen LogP contribution in [0.4, 0.5) is 11.4 Å². The summed E-state index contributed by atoms with van der Waals surface area (Å²) < 4.78 is 6.97. The highest BCUT2D eigenvalue weighted by Gasteiger charge is 2.36. The van der Waals surface area contributed by atoms with Gasteiger partial charge in [-0.15, -0.1) is 0 Å². The first-order valence-corrected chi connectivity index (χ1v) is 11.1. The highest BCUT2D eigenvalue weighted by Crippen LogP contribution is 2.33. The largest absolute Gasteiger partial charge is 0.495 e. The molecule has 0 atom stereocenters. The highest BCUT2D eigenvalue weighted by atomic mass is 79.9. The van der Waals surface area contributed by atoms with Gasteiger partial charge in [-0.25, -0.2) is 4.90 Å². The summed E-state index contributed by atoms with van der Waals surface area (Å²) in [6.07, 6.45) is 3.02. The standard InChI is InChI=1S/C24H16Br2N2O4/c1-32-22-14(11-15(25)12-20(22)26)9-10-21(29)27-16-5-4-6-17(13-16)28-23(30)18-7-2-3-8-19(18)24(28)31/h2-13H,1H3,(H,27,29)/b10-9+. The number of methoxy groups -OCH3 is 1. The zero-order chi connectivity index (χ0) is 22.8. The molecule has 3 aromatic carbocycles. The Morgan fingerprint density at radius 3 is 2.31 bits per heavy atom. The van der Waals surface area contributed by atoms with Crippen molar-refractivity contribution in [3.05, 3.63) is 92.4 Å². The van der Waals surface area contributed by atoms with E-state index >= 15 is 0 Å². The molecule has 160 valence electrons. The van der Waals surface area contributed by atoms with Crippen LogP contribution in [0.1, 0.15) is 26.3 Å². The SMILES string of the molecule is COc1c(Br)cc(Br)cc1/C=C/C(=O)Nc1cccc(N2C(=O)c3ccccc3C2=O)c1. The summed E-state index contributed by atoms with van der Waals surface area (Å²) in [5, 5.41) is 2.75. The Bertz CT molecular complexity index is 1250. The fourth-order valence-corrected chi connectivity index (χ4v) is 4.84. The summed E-state index contributed by atoms with van der Waals surface area (Å²) >= 11 is 6.85. The molecule has 1 aliphatic heterocycles. The summed E-state index contributed by atoms with van der Waals surface area (Å²) in [6, 6.07) is 17.0. The number of hydrogen-bond acceptors (Lipinski definition) is 4. The molecular weight excluding hydrogens is 540 g/mol. The third-order valence-corrected chi connectivity index (χ3v) is 5.87. The van der Waals surface area contributed by atoms with Crippen molar-refractivity contribution >= 4 is 67.0 Å². The van der Waals surface area contributed by atoms with Gasteiger partial charge in [0, 0.05) is 21.8 Å². The van der Waals surface area contributed by atoms with Gasteiger partial charge in [0.05, 0.1) is 28.4 Å². The quantitative estimate of drug-likeness (QED) is 0.325. The predicted molar refractivity (Wildman–Crippen MR) is 130 cm³/mol. The number of anilines is 2. The Morgan fingerprint density at radius 2 is 1.66 bits per heavy atom. The van der Waals surface area contributed by atoms with E-state index in [0.29, 0.717) is 33.8 Å². The van der Waals surface area contributed by atoms with Gasteiger partial charge in [0.15, 0.2) is 0 Å². The van der Waals surface area contributed by atoms with E-state index in [2.05, 4.69) is 37.2 Å². The molecule has 0 saturated carbocycles. The Kier molecular flexibility index (Phi) is 6.25. The van der Waals surface area contributed by atoms with Gasteiger partial charge in [-0.1, -0.05) is 34.1 Å². The van der Waals surface area contributed by atoms with Crippen molar-refractivity contribution in [3.8, 4) is 5.75 Å². The van der Waals surface area contributed by atoms with E-state index in [1.54, 1.807) is 61.7 Å². The van der Waals surface area contributed by atoms with Crippen LogP contribution >= 0.6 is 31.9 Å². The smallest absolute Gasteiger partial charge is 0.266 e. The molecule has 1 heterocycles. The van der Waals surface area contributed by atoms with Crippen LogP contribution in [-0.2, 0) is 4.79 Å². The van der Waals surface area contributed by atoms with Crippen LogP contribution in [0.2, 0.25) is 0 Å². The molecule has 6 nitrogen and oxygen atoms in total. The number of carbonyl (C=O) groups is 3. The third-order valence-electron chi connectivity index (χ3n) is 4.82. The first kappa shape index (κ1) is 22.0. The molecule has 0 aromatic heterocycles. The topological polar surface area (TPSA) is 75.7 Å². The van der Waals surface area contributed by atoms with Crippen LogP contribution in [0.25, 0.3) is 6.08 Å².